The molecule has 1 saturated heterocycles. The van der Waals surface area contributed by atoms with Crippen LogP contribution in [0.25, 0.3) is 11.0 Å². The Kier molecular flexibility index (Phi) is 5.33. The van der Waals surface area contributed by atoms with Gasteiger partial charge in [-0.1, -0.05) is 11.6 Å². The van der Waals surface area contributed by atoms with Crippen LogP contribution in [0.3, 0.4) is 0 Å². The molecule has 0 saturated carbocycles. The number of sulfonamides is 1. The monoisotopic (exact) mass is 436 g/mol. The van der Waals surface area contributed by atoms with Crippen molar-refractivity contribution in [1.29, 1.82) is 0 Å². The number of hydrogen-bond donors (Lipinski definition) is 0. The van der Waals surface area contributed by atoms with Crippen LogP contribution in [0.1, 0.15) is 17.0 Å². The van der Waals surface area contributed by atoms with Gasteiger partial charge in [0, 0.05) is 36.6 Å². The van der Waals surface area contributed by atoms with Gasteiger partial charge in [0.15, 0.2) is 5.76 Å². The van der Waals surface area contributed by atoms with Gasteiger partial charge in [-0.25, -0.2) is 12.8 Å². The molecule has 2 aromatic carbocycles. The quantitative estimate of drug-likeness (QED) is 0.626. The second-order valence-corrected chi connectivity index (χ2v) is 9.17. The van der Waals surface area contributed by atoms with Gasteiger partial charge in [-0.3, -0.25) is 4.79 Å². The SMILES string of the molecule is O=C(c1cc2cc(Cl)ccc2o1)N1CCCN(S(=O)(=O)c2ccc(F)cc2)CC1. The molecular weight excluding hydrogens is 419 g/mol. The van der Waals surface area contributed by atoms with Crippen LogP contribution >= 0.6 is 11.6 Å². The lowest BCUT2D eigenvalue weighted by molar-refractivity contribution is 0.0734. The minimum absolute atomic E-state index is 0.0350. The molecule has 1 aliphatic rings. The number of fused-ring (bicyclic) bond motifs is 1. The topological polar surface area (TPSA) is 70.8 Å². The highest BCUT2D eigenvalue weighted by molar-refractivity contribution is 7.89. The summed E-state index contributed by atoms with van der Waals surface area (Å²) in [6.45, 7) is 1.07. The number of halogens is 2. The largest absolute Gasteiger partial charge is 0.451 e. The van der Waals surface area contributed by atoms with Gasteiger partial charge in [0.1, 0.15) is 11.4 Å². The maximum absolute atomic E-state index is 13.1. The molecule has 0 aliphatic carbocycles. The van der Waals surface area contributed by atoms with Crippen LogP contribution in [-0.2, 0) is 10.0 Å². The Balaban J connectivity index is 1.50. The van der Waals surface area contributed by atoms with E-state index in [4.69, 9.17) is 16.0 Å². The average molecular weight is 437 g/mol. The van der Waals surface area contributed by atoms with Crippen LogP contribution in [0, 0.1) is 5.82 Å². The van der Waals surface area contributed by atoms with Crippen LogP contribution in [0.5, 0.6) is 0 Å². The summed E-state index contributed by atoms with van der Waals surface area (Å²) in [6, 6.07) is 11.5. The van der Waals surface area contributed by atoms with Gasteiger partial charge in [0.25, 0.3) is 5.91 Å². The van der Waals surface area contributed by atoms with Crippen molar-refractivity contribution in [2.75, 3.05) is 26.2 Å². The number of carbonyl (C=O) groups excluding carboxylic acids is 1. The van der Waals surface area contributed by atoms with Crippen LogP contribution in [-0.4, -0.2) is 49.7 Å². The van der Waals surface area contributed by atoms with Crippen molar-refractivity contribution >= 4 is 38.5 Å². The molecule has 9 heteroatoms. The smallest absolute Gasteiger partial charge is 0.289 e. The lowest BCUT2D eigenvalue weighted by Crippen LogP contribution is -2.37. The van der Waals surface area contributed by atoms with Crippen molar-refractivity contribution in [3.05, 3.63) is 65.1 Å². The van der Waals surface area contributed by atoms with Crippen LogP contribution in [0.4, 0.5) is 4.39 Å². The summed E-state index contributed by atoms with van der Waals surface area (Å²) in [5.41, 5.74) is 0.563. The maximum atomic E-state index is 13.1. The molecule has 0 spiro atoms. The fraction of sp³-hybridized carbons (Fsp3) is 0.250. The Hall–Kier alpha value is -2.42. The van der Waals surface area contributed by atoms with Gasteiger partial charge in [0.05, 0.1) is 4.90 Å². The second kappa shape index (κ2) is 7.78. The molecule has 152 valence electrons. The molecule has 0 N–H and O–H groups in total. The molecule has 0 radical (unpaired) electrons. The minimum Gasteiger partial charge on any atom is -0.451 e. The Labute approximate surface area is 172 Å². The highest BCUT2D eigenvalue weighted by atomic mass is 35.5. The Bertz CT molecular complexity index is 1160. The third-order valence-electron chi connectivity index (χ3n) is 4.88. The lowest BCUT2D eigenvalue weighted by atomic mass is 10.2. The zero-order valence-corrected chi connectivity index (χ0v) is 16.9. The van der Waals surface area contributed by atoms with Gasteiger partial charge < -0.3 is 9.32 Å². The third kappa shape index (κ3) is 4.01. The summed E-state index contributed by atoms with van der Waals surface area (Å²) >= 11 is 5.98. The number of carbonyl (C=O) groups is 1. The van der Waals surface area contributed by atoms with Gasteiger partial charge in [-0.05, 0) is 55.0 Å². The lowest BCUT2D eigenvalue weighted by Gasteiger charge is -2.21. The standard InChI is InChI=1S/C20H18ClFN2O4S/c21-15-2-7-18-14(12-15)13-19(28-18)20(25)23-8-1-9-24(11-10-23)29(26,27)17-5-3-16(22)4-6-17/h2-7,12-13H,1,8-11H2. The predicted molar refractivity (Wildman–Crippen MR) is 107 cm³/mol. The number of nitrogens with zero attached hydrogens (tertiary/aromatic N) is 2. The van der Waals surface area contributed by atoms with E-state index in [1.165, 1.54) is 16.4 Å². The van der Waals surface area contributed by atoms with Crippen molar-refractivity contribution in [2.45, 2.75) is 11.3 Å². The van der Waals surface area contributed by atoms with Gasteiger partial charge in [-0.15, -0.1) is 0 Å². The summed E-state index contributed by atoms with van der Waals surface area (Å²) in [4.78, 5) is 14.5. The minimum atomic E-state index is -3.75. The first-order chi connectivity index (χ1) is 13.8. The summed E-state index contributed by atoms with van der Waals surface area (Å²) in [7, 11) is -3.75. The van der Waals surface area contributed by atoms with Crippen molar-refractivity contribution in [1.82, 2.24) is 9.21 Å². The van der Waals surface area contributed by atoms with Crippen molar-refractivity contribution < 1.29 is 22.0 Å². The Morgan fingerprint density at radius 1 is 1.00 bits per heavy atom. The molecule has 0 atom stereocenters. The van der Waals surface area contributed by atoms with Gasteiger partial charge in [-0.2, -0.15) is 4.31 Å². The highest BCUT2D eigenvalue weighted by Crippen LogP contribution is 2.25. The van der Waals surface area contributed by atoms with E-state index in [2.05, 4.69) is 0 Å². The van der Waals surface area contributed by atoms with E-state index in [0.29, 0.717) is 23.6 Å². The Morgan fingerprint density at radius 2 is 1.76 bits per heavy atom. The second-order valence-electron chi connectivity index (χ2n) is 6.80. The molecule has 2 heterocycles. The summed E-state index contributed by atoms with van der Waals surface area (Å²) in [5.74, 6) is -0.598. The predicted octanol–water partition coefficient (Wildman–Crippen LogP) is 3.76. The molecular formula is C20H18ClFN2O4S. The molecule has 1 aromatic heterocycles. The van der Waals surface area contributed by atoms with Crippen molar-refractivity contribution in [3.8, 4) is 0 Å². The summed E-state index contributed by atoms with van der Waals surface area (Å²) < 4.78 is 45.7. The Morgan fingerprint density at radius 3 is 2.52 bits per heavy atom. The highest BCUT2D eigenvalue weighted by Gasteiger charge is 2.29. The van der Waals surface area contributed by atoms with E-state index in [1.54, 1.807) is 29.2 Å². The molecule has 1 fully saturated rings. The van der Waals surface area contributed by atoms with E-state index in [1.807, 2.05) is 0 Å². The first-order valence-electron chi connectivity index (χ1n) is 9.09. The van der Waals surface area contributed by atoms with E-state index in [-0.39, 0.29) is 36.2 Å². The fourth-order valence-corrected chi connectivity index (χ4v) is 5.02. The van der Waals surface area contributed by atoms with Crippen LogP contribution in [0.15, 0.2) is 57.8 Å². The van der Waals surface area contributed by atoms with Crippen molar-refractivity contribution in [2.24, 2.45) is 0 Å². The molecule has 29 heavy (non-hydrogen) atoms. The fourth-order valence-electron chi connectivity index (χ4n) is 3.37. The summed E-state index contributed by atoms with van der Waals surface area (Å²) in [6.07, 6.45) is 0.484. The van der Waals surface area contributed by atoms with E-state index in [0.717, 1.165) is 17.5 Å². The van der Waals surface area contributed by atoms with Crippen LogP contribution in [0.2, 0.25) is 5.02 Å². The molecule has 1 aliphatic heterocycles. The molecule has 3 aromatic rings. The number of benzene rings is 2. The first kappa shape index (κ1) is 19.9. The van der Waals surface area contributed by atoms with Gasteiger partial charge in [0.2, 0.25) is 10.0 Å². The maximum Gasteiger partial charge on any atom is 0.289 e. The molecule has 6 nitrogen and oxygen atoms in total. The number of amides is 1. The third-order valence-corrected chi connectivity index (χ3v) is 7.03. The van der Waals surface area contributed by atoms with Gasteiger partial charge >= 0.3 is 0 Å². The average Bonchev–Trinajstić information content (AvgIpc) is 2.94. The van der Waals surface area contributed by atoms with Crippen LogP contribution < -0.4 is 0 Å². The number of hydrogen-bond acceptors (Lipinski definition) is 4. The van der Waals surface area contributed by atoms with E-state index >= 15 is 0 Å². The normalized spacial score (nSPS) is 16.1. The molecule has 0 bridgehead atoms. The molecule has 0 unspecified atom stereocenters. The van der Waals surface area contributed by atoms with E-state index < -0.39 is 15.8 Å². The molecule has 4 rings (SSSR count). The molecule has 1 amide bonds. The van der Waals surface area contributed by atoms with Crippen molar-refractivity contribution in [3.63, 3.8) is 0 Å². The number of furan rings is 1. The summed E-state index contributed by atoms with van der Waals surface area (Å²) in [5, 5.41) is 1.28. The first-order valence-corrected chi connectivity index (χ1v) is 10.9. The zero-order chi connectivity index (χ0) is 20.6. The van der Waals surface area contributed by atoms with E-state index in [9.17, 15) is 17.6 Å². The zero-order valence-electron chi connectivity index (χ0n) is 15.3. The number of rotatable bonds is 3.